The molecule has 0 aromatic carbocycles. The van der Waals surface area contributed by atoms with E-state index in [1.165, 1.54) is 51.4 Å². The van der Waals surface area contributed by atoms with Gasteiger partial charge in [0.2, 0.25) is 0 Å². The van der Waals surface area contributed by atoms with E-state index in [0.29, 0.717) is 25.7 Å². The van der Waals surface area contributed by atoms with Gasteiger partial charge in [-0.05, 0) is 128 Å². The Labute approximate surface area is 629 Å². The van der Waals surface area contributed by atoms with E-state index >= 15 is 0 Å². The maximum atomic E-state index is 13.1. The van der Waals surface area contributed by atoms with Gasteiger partial charge in [-0.25, -0.2) is 9.13 Å². The van der Waals surface area contributed by atoms with Crippen LogP contribution in [0.5, 0.6) is 0 Å². The highest BCUT2D eigenvalue weighted by Crippen LogP contribution is 2.45. The van der Waals surface area contributed by atoms with Crippen molar-refractivity contribution in [3.05, 3.63) is 158 Å². The van der Waals surface area contributed by atoms with Crippen LogP contribution in [-0.4, -0.2) is 96.7 Å². The molecule has 0 aliphatic carbocycles. The summed E-state index contributed by atoms with van der Waals surface area (Å²) in [5.74, 6) is -2.37. The van der Waals surface area contributed by atoms with Crippen LogP contribution in [0.4, 0.5) is 0 Å². The Morgan fingerprint density at radius 3 is 0.856 bits per heavy atom. The van der Waals surface area contributed by atoms with Crippen LogP contribution in [-0.2, 0) is 65.4 Å². The van der Waals surface area contributed by atoms with Gasteiger partial charge in [-0.15, -0.1) is 0 Å². The highest BCUT2D eigenvalue weighted by molar-refractivity contribution is 7.47. The molecule has 592 valence electrons. The molecule has 0 rings (SSSR count). The minimum atomic E-state index is -5.01. The summed E-state index contributed by atoms with van der Waals surface area (Å²) in [6.45, 7) is 4.38. The molecule has 17 nitrogen and oxygen atoms in total. The predicted octanol–water partition coefficient (Wildman–Crippen LogP) is 23.2. The van der Waals surface area contributed by atoms with Crippen molar-refractivity contribution in [2.75, 3.05) is 39.6 Å². The smallest absolute Gasteiger partial charge is 0.462 e. The van der Waals surface area contributed by atoms with Crippen LogP contribution in [0.2, 0.25) is 0 Å². The Kier molecular flexibility index (Phi) is 72.0. The second kappa shape index (κ2) is 75.9. The van der Waals surface area contributed by atoms with Crippen molar-refractivity contribution in [1.29, 1.82) is 0 Å². The number of hydrogen-bond donors (Lipinski definition) is 3. The molecule has 3 N–H and O–H groups in total. The Balaban J connectivity index is 5.44. The van der Waals surface area contributed by atoms with E-state index in [9.17, 15) is 43.2 Å². The molecular formula is C85H140O17P2. The maximum Gasteiger partial charge on any atom is 0.472 e. The van der Waals surface area contributed by atoms with E-state index < -0.39 is 97.5 Å². The van der Waals surface area contributed by atoms with Gasteiger partial charge in [0.1, 0.15) is 19.3 Å². The lowest BCUT2D eigenvalue weighted by Gasteiger charge is -2.21. The molecule has 0 aromatic rings. The number of aliphatic hydroxyl groups is 1. The lowest BCUT2D eigenvalue weighted by molar-refractivity contribution is -0.161. The van der Waals surface area contributed by atoms with Crippen molar-refractivity contribution in [3.63, 3.8) is 0 Å². The minimum Gasteiger partial charge on any atom is -0.462 e. The van der Waals surface area contributed by atoms with Gasteiger partial charge in [0, 0.05) is 19.3 Å². The van der Waals surface area contributed by atoms with Crippen molar-refractivity contribution in [3.8, 4) is 0 Å². The van der Waals surface area contributed by atoms with Crippen molar-refractivity contribution in [1.82, 2.24) is 0 Å². The number of phosphoric acid groups is 2. The molecule has 104 heavy (non-hydrogen) atoms. The Morgan fingerprint density at radius 1 is 0.288 bits per heavy atom. The van der Waals surface area contributed by atoms with Crippen molar-refractivity contribution >= 4 is 39.5 Å². The molecule has 19 heteroatoms. The van der Waals surface area contributed by atoms with Gasteiger partial charge < -0.3 is 33.8 Å². The third kappa shape index (κ3) is 74.9. The average Bonchev–Trinajstić information content (AvgIpc) is 0.925. The Hall–Kier alpha value is -5.32. The first-order valence-corrected chi connectivity index (χ1v) is 42.7. The van der Waals surface area contributed by atoms with E-state index in [-0.39, 0.29) is 25.7 Å². The average molecular weight is 1500 g/mol. The molecule has 0 bridgehead atoms. The number of esters is 4. The number of rotatable bonds is 73. The predicted molar refractivity (Wildman–Crippen MR) is 427 cm³/mol. The molecule has 5 unspecified atom stereocenters. The summed E-state index contributed by atoms with van der Waals surface area (Å²) < 4.78 is 68.4. The lowest BCUT2D eigenvalue weighted by atomic mass is 10.0. The molecular weight excluding hydrogens is 1350 g/mol. The van der Waals surface area contributed by atoms with Gasteiger partial charge in [-0.1, -0.05) is 301 Å². The van der Waals surface area contributed by atoms with Crippen molar-refractivity contribution in [2.45, 2.75) is 316 Å². The minimum absolute atomic E-state index is 0.0872. The maximum absolute atomic E-state index is 13.1. The fourth-order valence-electron chi connectivity index (χ4n) is 10.1. The summed E-state index contributed by atoms with van der Waals surface area (Å²) in [7, 11) is -10.0. The van der Waals surface area contributed by atoms with Gasteiger partial charge in [-0.2, -0.15) is 0 Å². The SMILES string of the molecule is CC/C=C\C/C=C\C/C=C\C/C=C\C/C=C\CC(=O)OC(COC(=O)CCCCCC/C=C\C/C=C\C/C=C\C/C=C\CC)COP(=O)(O)OCC(O)COP(=O)(O)OCC(COC(=O)CCCCCCCC/C=C\C/C=C\C/C=C\C/C=C\CC)OC(=O)CCCCCCCCCCCCCCC. The summed E-state index contributed by atoms with van der Waals surface area (Å²) in [6.07, 6.45) is 88.3. The van der Waals surface area contributed by atoms with E-state index in [2.05, 4.69) is 161 Å². The molecule has 0 saturated heterocycles. The monoisotopic (exact) mass is 1490 g/mol. The first-order valence-electron chi connectivity index (χ1n) is 39.7. The zero-order valence-electron chi connectivity index (χ0n) is 64.6. The van der Waals surface area contributed by atoms with E-state index in [1.54, 1.807) is 12.2 Å². The summed E-state index contributed by atoms with van der Waals surface area (Å²) in [5.41, 5.74) is 0. The topological polar surface area (TPSA) is 237 Å². The van der Waals surface area contributed by atoms with Crippen LogP contribution in [0.15, 0.2) is 158 Å². The molecule has 0 aliphatic rings. The number of unbranched alkanes of at least 4 members (excludes halogenated alkanes) is 22. The molecule has 0 aromatic heterocycles. The highest BCUT2D eigenvalue weighted by Gasteiger charge is 2.30. The van der Waals surface area contributed by atoms with Crippen LogP contribution in [0.3, 0.4) is 0 Å². The van der Waals surface area contributed by atoms with Crippen LogP contribution >= 0.6 is 15.6 Å². The lowest BCUT2D eigenvalue weighted by Crippen LogP contribution is -2.30. The third-order valence-corrected chi connectivity index (χ3v) is 17.9. The number of phosphoric ester groups is 2. The first kappa shape index (κ1) is 98.7. The summed E-state index contributed by atoms with van der Waals surface area (Å²) in [4.78, 5) is 72.9. The molecule has 0 amide bonds. The van der Waals surface area contributed by atoms with E-state index in [1.807, 2.05) is 12.2 Å². The molecule has 0 heterocycles. The fraction of sp³-hybridized carbons (Fsp3) is 0.647. The van der Waals surface area contributed by atoms with Gasteiger partial charge in [0.25, 0.3) is 0 Å². The largest absolute Gasteiger partial charge is 0.472 e. The second-order valence-electron chi connectivity index (χ2n) is 25.9. The van der Waals surface area contributed by atoms with E-state index in [0.717, 1.165) is 167 Å². The van der Waals surface area contributed by atoms with Gasteiger partial charge in [0.15, 0.2) is 12.2 Å². The first-order chi connectivity index (χ1) is 50.7. The standard InChI is InChI=1S/C85H140O17P2/c1-5-9-13-17-21-25-29-33-36-38-39-41-44-47-50-54-58-62-66-70-83(88)95-75-80(101-84(89)71-67-63-59-55-51-45-32-28-24-20-16-12-8-4)77-99-103(91,92)97-73-79(86)74-98-104(93,94)100-78-81(102-85(90)72-68-64-60-56-52-48-42-35-31-27-23-19-15-11-7-3)76-96-82(87)69-65-61-57-53-49-46-43-40-37-34-30-26-22-18-14-10-6-2/h9-11,13-15,21-23,25-27,33-37,39,41-43,46,52,56,64,68,79-81,86H,5-8,12,16-20,24,28-32,38,40,44-45,47-51,53-55,57-63,65-67,69-78H2,1-4H3,(H,91,92)(H,93,94)/b13-9-,14-10-,15-11-,25-21-,26-22-,27-23-,36-33-,37-34-,41-39-,42-35-,46-43-,56-52-,68-64-. The zero-order valence-corrected chi connectivity index (χ0v) is 66.4. The van der Waals surface area contributed by atoms with E-state index in [4.69, 9.17) is 37.0 Å². The summed E-state index contributed by atoms with van der Waals surface area (Å²) >= 11 is 0. The Bertz CT molecular complexity index is 2590. The molecule has 0 spiro atoms. The van der Waals surface area contributed by atoms with Crippen LogP contribution < -0.4 is 0 Å². The normalized spacial score (nSPS) is 14.7. The third-order valence-electron chi connectivity index (χ3n) is 16.0. The fourth-order valence-corrected chi connectivity index (χ4v) is 11.7. The van der Waals surface area contributed by atoms with Crippen LogP contribution in [0.1, 0.15) is 297 Å². The Morgan fingerprint density at radius 2 is 0.538 bits per heavy atom. The van der Waals surface area contributed by atoms with Crippen LogP contribution in [0.25, 0.3) is 0 Å². The number of carbonyl (C=O) groups excluding carboxylic acids is 4. The molecule has 0 fully saturated rings. The van der Waals surface area contributed by atoms with Crippen molar-refractivity contribution < 1.29 is 80.2 Å². The van der Waals surface area contributed by atoms with Gasteiger partial charge in [0.05, 0.1) is 32.8 Å². The number of hydrogen-bond acceptors (Lipinski definition) is 15. The van der Waals surface area contributed by atoms with Crippen LogP contribution in [0, 0.1) is 0 Å². The summed E-state index contributed by atoms with van der Waals surface area (Å²) in [6, 6.07) is 0. The van der Waals surface area contributed by atoms with Gasteiger partial charge >= 0.3 is 39.5 Å². The summed E-state index contributed by atoms with van der Waals surface area (Å²) in [5, 5.41) is 10.6. The number of ether oxygens (including phenoxy) is 4. The number of allylic oxidation sites excluding steroid dienone is 25. The molecule has 0 saturated carbocycles. The molecule has 0 aliphatic heterocycles. The second-order valence-corrected chi connectivity index (χ2v) is 28.8. The molecule has 5 atom stereocenters. The quantitative estimate of drug-likeness (QED) is 0.0169. The van der Waals surface area contributed by atoms with Crippen molar-refractivity contribution in [2.24, 2.45) is 0 Å². The number of aliphatic hydroxyl groups excluding tert-OH is 1. The number of carbonyl (C=O) groups is 4. The molecule has 0 radical (unpaired) electrons. The zero-order chi connectivity index (χ0) is 76.0. The van der Waals surface area contributed by atoms with Gasteiger partial charge in [-0.3, -0.25) is 37.3 Å². The highest BCUT2D eigenvalue weighted by atomic mass is 31.2.